The van der Waals surface area contributed by atoms with Crippen molar-refractivity contribution in [1.82, 2.24) is 4.90 Å². The van der Waals surface area contributed by atoms with E-state index in [2.05, 4.69) is 11.8 Å². The Morgan fingerprint density at radius 2 is 1.92 bits per heavy atom. The van der Waals surface area contributed by atoms with Gasteiger partial charge >= 0.3 is 0 Å². The summed E-state index contributed by atoms with van der Waals surface area (Å²) in [5, 5.41) is 8.93. The molecule has 2 rings (SSSR count). The summed E-state index contributed by atoms with van der Waals surface area (Å²) in [7, 11) is 0. The summed E-state index contributed by atoms with van der Waals surface area (Å²) < 4.78 is 0. The van der Waals surface area contributed by atoms with Gasteiger partial charge in [0.2, 0.25) is 0 Å². The summed E-state index contributed by atoms with van der Waals surface area (Å²) in [6, 6.07) is 0. The first-order valence-electron chi connectivity index (χ1n) is 5.63. The van der Waals surface area contributed by atoms with Gasteiger partial charge in [-0.15, -0.1) is 0 Å². The van der Waals surface area contributed by atoms with Crippen molar-refractivity contribution in [2.45, 2.75) is 26.2 Å². The molecule has 0 unspecified atom stereocenters. The molecule has 0 aromatic carbocycles. The van der Waals surface area contributed by atoms with E-state index in [0.717, 1.165) is 11.8 Å². The smallest absolute Gasteiger partial charge is 0.0462 e. The Morgan fingerprint density at radius 3 is 2.46 bits per heavy atom. The SMILES string of the molecule is CC1CCN(C[C@H]2C[C@@H]2CO)CC1. The van der Waals surface area contributed by atoms with Gasteiger partial charge in [-0.05, 0) is 50.1 Å². The number of hydrogen-bond acceptors (Lipinski definition) is 2. The van der Waals surface area contributed by atoms with Crippen LogP contribution in [0, 0.1) is 17.8 Å². The zero-order chi connectivity index (χ0) is 9.26. The minimum Gasteiger partial charge on any atom is -0.396 e. The predicted octanol–water partition coefficient (Wildman–Crippen LogP) is 1.35. The van der Waals surface area contributed by atoms with Crippen LogP contribution in [0.5, 0.6) is 0 Å². The summed E-state index contributed by atoms with van der Waals surface area (Å²) in [6.07, 6.45) is 4.01. The van der Waals surface area contributed by atoms with Gasteiger partial charge in [0.05, 0.1) is 0 Å². The molecular weight excluding hydrogens is 162 g/mol. The average molecular weight is 183 g/mol. The lowest BCUT2D eigenvalue weighted by molar-refractivity contribution is 0.177. The zero-order valence-electron chi connectivity index (χ0n) is 8.58. The molecule has 2 aliphatic rings. The summed E-state index contributed by atoms with van der Waals surface area (Å²) in [5.41, 5.74) is 0. The third-order valence-electron chi connectivity index (χ3n) is 3.67. The summed E-state index contributed by atoms with van der Waals surface area (Å²) >= 11 is 0. The van der Waals surface area contributed by atoms with Crippen molar-refractivity contribution in [2.75, 3.05) is 26.2 Å². The normalized spacial score (nSPS) is 36.5. The Labute approximate surface area is 80.9 Å². The zero-order valence-corrected chi connectivity index (χ0v) is 8.58. The molecule has 2 fully saturated rings. The molecule has 1 saturated carbocycles. The Kier molecular flexibility index (Phi) is 2.89. The fourth-order valence-corrected chi connectivity index (χ4v) is 2.33. The van der Waals surface area contributed by atoms with Gasteiger partial charge in [0.15, 0.2) is 0 Å². The van der Waals surface area contributed by atoms with Crippen molar-refractivity contribution < 1.29 is 5.11 Å². The largest absolute Gasteiger partial charge is 0.396 e. The van der Waals surface area contributed by atoms with Gasteiger partial charge in [-0.1, -0.05) is 6.92 Å². The second kappa shape index (κ2) is 3.97. The van der Waals surface area contributed by atoms with Crippen LogP contribution in [-0.2, 0) is 0 Å². The number of aliphatic hydroxyl groups is 1. The predicted molar refractivity (Wildman–Crippen MR) is 53.5 cm³/mol. The summed E-state index contributed by atoms with van der Waals surface area (Å²) in [6.45, 7) is 6.59. The maximum Gasteiger partial charge on any atom is 0.0462 e. The van der Waals surface area contributed by atoms with E-state index in [1.54, 1.807) is 0 Å². The molecule has 2 atom stereocenters. The highest BCUT2D eigenvalue weighted by molar-refractivity contribution is 4.88. The molecule has 0 amide bonds. The van der Waals surface area contributed by atoms with Gasteiger partial charge in [0, 0.05) is 13.2 Å². The van der Waals surface area contributed by atoms with Crippen LogP contribution in [0.1, 0.15) is 26.2 Å². The number of likely N-dealkylation sites (tertiary alicyclic amines) is 1. The monoisotopic (exact) mass is 183 g/mol. The molecule has 1 saturated heterocycles. The Balaban J connectivity index is 1.66. The van der Waals surface area contributed by atoms with Crippen molar-refractivity contribution in [2.24, 2.45) is 17.8 Å². The molecular formula is C11H21NO. The molecule has 0 spiro atoms. The highest BCUT2D eigenvalue weighted by Crippen LogP contribution is 2.38. The molecule has 1 heterocycles. The van der Waals surface area contributed by atoms with Gasteiger partial charge in [-0.3, -0.25) is 0 Å². The van der Waals surface area contributed by atoms with E-state index >= 15 is 0 Å². The van der Waals surface area contributed by atoms with Crippen molar-refractivity contribution >= 4 is 0 Å². The van der Waals surface area contributed by atoms with Crippen LogP contribution in [0.3, 0.4) is 0 Å². The Morgan fingerprint density at radius 1 is 1.23 bits per heavy atom. The van der Waals surface area contributed by atoms with E-state index in [9.17, 15) is 0 Å². The molecule has 1 N–H and O–H groups in total. The van der Waals surface area contributed by atoms with Crippen LogP contribution in [0.4, 0.5) is 0 Å². The molecule has 0 bridgehead atoms. The van der Waals surface area contributed by atoms with E-state index in [4.69, 9.17) is 5.11 Å². The maximum absolute atomic E-state index is 8.93. The van der Waals surface area contributed by atoms with E-state index in [1.807, 2.05) is 0 Å². The lowest BCUT2D eigenvalue weighted by Crippen LogP contribution is -2.34. The first-order chi connectivity index (χ1) is 6.29. The minimum atomic E-state index is 0.412. The molecule has 13 heavy (non-hydrogen) atoms. The van der Waals surface area contributed by atoms with Crippen LogP contribution in [0.2, 0.25) is 0 Å². The van der Waals surface area contributed by atoms with Crippen molar-refractivity contribution in [1.29, 1.82) is 0 Å². The molecule has 1 aliphatic carbocycles. The van der Waals surface area contributed by atoms with Crippen molar-refractivity contribution in [3.63, 3.8) is 0 Å². The highest BCUT2D eigenvalue weighted by atomic mass is 16.3. The third-order valence-corrected chi connectivity index (χ3v) is 3.67. The van der Waals surface area contributed by atoms with Gasteiger partial charge in [-0.25, -0.2) is 0 Å². The lowest BCUT2D eigenvalue weighted by Gasteiger charge is -2.30. The second-order valence-electron chi connectivity index (χ2n) is 4.92. The van der Waals surface area contributed by atoms with Gasteiger partial charge < -0.3 is 10.0 Å². The van der Waals surface area contributed by atoms with Crippen LogP contribution in [0.15, 0.2) is 0 Å². The first kappa shape index (κ1) is 9.47. The van der Waals surface area contributed by atoms with Crippen LogP contribution < -0.4 is 0 Å². The molecule has 1 aliphatic heterocycles. The topological polar surface area (TPSA) is 23.5 Å². The van der Waals surface area contributed by atoms with E-state index in [0.29, 0.717) is 12.5 Å². The lowest BCUT2D eigenvalue weighted by atomic mass is 9.99. The number of hydrogen-bond donors (Lipinski definition) is 1. The third kappa shape index (κ3) is 2.44. The fourth-order valence-electron chi connectivity index (χ4n) is 2.33. The fraction of sp³-hybridized carbons (Fsp3) is 1.00. The molecule has 2 heteroatoms. The first-order valence-corrected chi connectivity index (χ1v) is 5.63. The van der Waals surface area contributed by atoms with Gasteiger partial charge in [0.25, 0.3) is 0 Å². The number of nitrogens with zero attached hydrogens (tertiary/aromatic N) is 1. The van der Waals surface area contributed by atoms with Crippen LogP contribution in [-0.4, -0.2) is 36.2 Å². The quantitative estimate of drug-likeness (QED) is 0.714. The number of rotatable bonds is 3. The summed E-state index contributed by atoms with van der Waals surface area (Å²) in [4.78, 5) is 2.58. The number of aliphatic hydroxyl groups excluding tert-OH is 1. The van der Waals surface area contributed by atoms with Crippen molar-refractivity contribution in [3.05, 3.63) is 0 Å². The van der Waals surface area contributed by atoms with Crippen LogP contribution >= 0.6 is 0 Å². The maximum atomic E-state index is 8.93. The average Bonchev–Trinajstić information content (AvgIpc) is 2.88. The summed E-state index contributed by atoms with van der Waals surface area (Å²) in [5.74, 6) is 2.39. The standard InChI is InChI=1S/C11H21NO/c1-9-2-4-12(5-3-9)7-10-6-11(10)8-13/h9-11,13H,2-8H2,1H3/t10-,11-/m1/s1. The van der Waals surface area contributed by atoms with Gasteiger partial charge in [0.1, 0.15) is 0 Å². The Bertz CT molecular complexity index is 163. The number of piperidine rings is 1. The van der Waals surface area contributed by atoms with Gasteiger partial charge in [-0.2, -0.15) is 0 Å². The van der Waals surface area contributed by atoms with Crippen molar-refractivity contribution in [3.8, 4) is 0 Å². The van der Waals surface area contributed by atoms with E-state index in [-0.39, 0.29) is 0 Å². The molecule has 2 nitrogen and oxygen atoms in total. The molecule has 0 aromatic heterocycles. The molecule has 76 valence electrons. The second-order valence-corrected chi connectivity index (χ2v) is 4.92. The molecule has 0 radical (unpaired) electrons. The minimum absolute atomic E-state index is 0.412. The molecule has 0 aromatic rings. The van der Waals surface area contributed by atoms with E-state index < -0.39 is 0 Å². The Hall–Kier alpha value is -0.0800. The highest BCUT2D eigenvalue weighted by Gasteiger charge is 2.37. The van der Waals surface area contributed by atoms with Crippen LogP contribution in [0.25, 0.3) is 0 Å². The van der Waals surface area contributed by atoms with E-state index in [1.165, 1.54) is 38.9 Å².